The van der Waals surface area contributed by atoms with Crippen molar-refractivity contribution in [1.29, 1.82) is 0 Å². The lowest BCUT2D eigenvalue weighted by molar-refractivity contribution is 0.0922. The minimum Gasteiger partial charge on any atom is -0.497 e. The average molecular weight is 350 g/mol. The van der Waals surface area contributed by atoms with Crippen molar-refractivity contribution in [1.82, 2.24) is 9.88 Å². The lowest BCUT2D eigenvalue weighted by atomic mass is 10.1. The summed E-state index contributed by atoms with van der Waals surface area (Å²) in [7, 11) is 1.62. The maximum atomic E-state index is 13.0. The highest BCUT2D eigenvalue weighted by Gasteiger charge is 2.23. The van der Waals surface area contributed by atoms with E-state index in [4.69, 9.17) is 9.47 Å². The third-order valence-electron chi connectivity index (χ3n) is 4.84. The lowest BCUT2D eigenvalue weighted by Crippen LogP contribution is -2.17. The van der Waals surface area contributed by atoms with Gasteiger partial charge in [-0.3, -0.25) is 4.79 Å². The number of carbonyl (C=O) groups excluding carboxylic acids is 1. The fourth-order valence-corrected chi connectivity index (χ4v) is 3.60. The molecule has 1 aromatic heterocycles. The normalized spacial score (nSPS) is 13.9. The number of aromatic nitrogens is 1. The molecule has 0 amide bonds. The highest BCUT2D eigenvalue weighted by Crippen LogP contribution is 2.28. The first-order chi connectivity index (χ1) is 12.8. The van der Waals surface area contributed by atoms with E-state index in [-0.39, 0.29) is 12.4 Å². The number of nitrogens with zero attached hydrogens (tertiary/aromatic N) is 1. The number of hydrogen-bond acceptors (Lipinski definition) is 4. The minimum absolute atomic E-state index is 0.0210. The molecule has 0 spiro atoms. The fourth-order valence-electron chi connectivity index (χ4n) is 3.60. The molecule has 1 aliphatic rings. The number of ketones is 1. The maximum Gasteiger partial charge on any atom is 0.202 e. The molecule has 2 heterocycles. The van der Waals surface area contributed by atoms with Crippen LogP contribution in [-0.2, 0) is 13.0 Å². The van der Waals surface area contributed by atoms with Crippen molar-refractivity contribution >= 4 is 16.7 Å². The van der Waals surface area contributed by atoms with Gasteiger partial charge in [0.1, 0.15) is 11.5 Å². The average Bonchev–Trinajstić information content (AvgIpc) is 2.82. The van der Waals surface area contributed by atoms with Crippen LogP contribution in [0.1, 0.15) is 16.1 Å². The molecule has 0 atom stereocenters. The largest absolute Gasteiger partial charge is 0.497 e. The Balaban J connectivity index is 1.62. The number of nitrogens with one attached hydrogen (secondary N) is 1. The van der Waals surface area contributed by atoms with E-state index in [1.54, 1.807) is 7.11 Å². The first-order valence-corrected chi connectivity index (χ1v) is 8.89. The molecule has 2 aromatic carbocycles. The molecule has 5 nitrogen and oxygen atoms in total. The van der Waals surface area contributed by atoms with Gasteiger partial charge in [0, 0.05) is 42.7 Å². The second-order valence-corrected chi connectivity index (χ2v) is 6.38. The van der Waals surface area contributed by atoms with Crippen LogP contribution in [0.4, 0.5) is 0 Å². The molecule has 4 rings (SSSR count). The number of hydrogen-bond donors (Lipinski definition) is 1. The zero-order chi connectivity index (χ0) is 17.9. The van der Waals surface area contributed by atoms with E-state index in [9.17, 15) is 4.79 Å². The Labute approximate surface area is 152 Å². The van der Waals surface area contributed by atoms with Crippen LogP contribution in [0.3, 0.4) is 0 Å². The number of methoxy groups -OCH3 is 1. The smallest absolute Gasteiger partial charge is 0.202 e. The van der Waals surface area contributed by atoms with E-state index in [0.29, 0.717) is 5.75 Å². The van der Waals surface area contributed by atoms with Crippen molar-refractivity contribution in [2.45, 2.75) is 13.0 Å². The van der Waals surface area contributed by atoms with Crippen molar-refractivity contribution in [3.63, 3.8) is 0 Å². The summed E-state index contributed by atoms with van der Waals surface area (Å²) < 4.78 is 13.2. The van der Waals surface area contributed by atoms with Crippen LogP contribution in [0.15, 0.2) is 48.5 Å². The molecule has 0 radical (unpaired) electrons. The van der Waals surface area contributed by atoms with E-state index in [1.165, 1.54) is 0 Å². The SMILES string of the molecule is COc1ccc(OCC(=O)c2c3n(c4ccccc24)CCNCC3)cc1. The molecule has 0 saturated heterocycles. The maximum absolute atomic E-state index is 13.0. The van der Waals surface area contributed by atoms with Crippen LogP contribution in [-0.4, -0.2) is 37.2 Å². The van der Waals surface area contributed by atoms with E-state index in [0.717, 1.165) is 54.0 Å². The van der Waals surface area contributed by atoms with Gasteiger partial charge in [-0.25, -0.2) is 0 Å². The van der Waals surface area contributed by atoms with E-state index >= 15 is 0 Å². The van der Waals surface area contributed by atoms with E-state index in [1.807, 2.05) is 42.5 Å². The molecular weight excluding hydrogens is 328 g/mol. The highest BCUT2D eigenvalue weighted by molar-refractivity contribution is 6.10. The molecule has 0 unspecified atom stereocenters. The summed E-state index contributed by atoms with van der Waals surface area (Å²) in [6, 6.07) is 15.4. The molecule has 1 N–H and O–H groups in total. The van der Waals surface area contributed by atoms with Crippen molar-refractivity contribution in [2.24, 2.45) is 0 Å². The second-order valence-electron chi connectivity index (χ2n) is 6.38. The molecule has 134 valence electrons. The van der Waals surface area contributed by atoms with Gasteiger partial charge < -0.3 is 19.4 Å². The number of carbonyl (C=O) groups is 1. The van der Waals surface area contributed by atoms with E-state index in [2.05, 4.69) is 16.0 Å². The van der Waals surface area contributed by atoms with Crippen molar-refractivity contribution in [3.8, 4) is 11.5 Å². The van der Waals surface area contributed by atoms with Gasteiger partial charge in [-0.05, 0) is 30.3 Å². The van der Waals surface area contributed by atoms with Crippen LogP contribution in [0.2, 0.25) is 0 Å². The molecule has 0 saturated carbocycles. The molecule has 0 fully saturated rings. The highest BCUT2D eigenvalue weighted by atomic mass is 16.5. The monoisotopic (exact) mass is 350 g/mol. The Hall–Kier alpha value is -2.79. The van der Waals surface area contributed by atoms with Gasteiger partial charge in [0.05, 0.1) is 12.7 Å². The van der Waals surface area contributed by atoms with Crippen LogP contribution >= 0.6 is 0 Å². The Morgan fingerprint density at radius 3 is 2.65 bits per heavy atom. The quantitative estimate of drug-likeness (QED) is 0.719. The third-order valence-corrected chi connectivity index (χ3v) is 4.84. The standard InChI is InChI=1S/C21H22N2O3/c1-25-15-6-8-16(9-7-15)26-14-20(24)21-17-4-2-3-5-18(17)23-13-12-22-11-10-19(21)23/h2-9,22H,10-14H2,1H3. The zero-order valence-electron chi connectivity index (χ0n) is 14.8. The number of Topliss-reactive ketones (excluding diaryl/α,β-unsaturated/α-hetero) is 1. The summed E-state index contributed by atoms with van der Waals surface area (Å²) in [6.07, 6.45) is 0.846. The summed E-state index contributed by atoms with van der Waals surface area (Å²) in [5, 5.41) is 4.43. The molecule has 0 bridgehead atoms. The molecule has 0 aliphatic carbocycles. The van der Waals surface area contributed by atoms with Crippen LogP contribution in [0.5, 0.6) is 11.5 Å². The predicted octanol–water partition coefficient (Wildman–Crippen LogP) is 3.06. The number of rotatable bonds is 5. The number of ether oxygens (including phenoxy) is 2. The number of benzene rings is 2. The number of para-hydroxylation sites is 1. The lowest BCUT2D eigenvalue weighted by Gasteiger charge is -2.09. The Morgan fingerprint density at radius 1 is 1.08 bits per heavy atom. The summed E-state index contributed by atoms with van der Waals surface area (Å²) >= 11 is 0. The zero-order valence-corrected chi connectivity index (χ0v) is 14.8. The number of fused-ring (bicyclic) bond motifs is 3. The Kier molecular flexibility index (Phi) is 4.63. The Bertz CT molecular complexity index is 928. The van der Waals surface area contributed by atoms with Crippen LogP contribution < -0.4 is 14.8 Å². The third kappa shape index (κ3) is 3.06. The predicted molar refractivity (Wildman–Crippen MR) is 101 cm³/mol. The van der Waals surface area contributed by atoms with Crippen LogP contribution in [0.25, 0.3) is 10.9 Å². The van der Waals surface area contributed by atoms with Gasteiger partial charge in [-0.15, -0.1) is 0 Å². The van der Waals surface area contributed by atoms with Crippen molar-refractivity contribution < 1.29 is 14.3 Å². The topological polar surface area (TPSA) is 52.5 Å². The minimum atomic E-state index is 0.0210. The van der Waals surface area contributed by atoms with Crippen molar-refractivity contribution in [2.75, 3.05) is 26.8 Å². The molecular formula is C21H22N2O3. The van der Waals surface area contributed by atoms with E-state index < -0.39 is 0 Å². The Morgan fingerprint density at radius 2 is 1.85 bits per heavy atom. The van der Waals surface area contributed by atoms with Gasteiger partial charge in [-0.2, -0.15) is 0 Å². The van der Waals surface area contributed by atoms with Gasteiger partial charge >= 0.3 is 0 Å². The van der Waals surface area contributed by atoms with Gasteiger partial charge in [-0.1, -0.05) is 18.2 Å². The summed E-state index contributed by atoms with van der Waals surface area (Å²) in [6.45, 7) is 2.71. The summed E-state index contributed by atoms with van der Waals surface area (Å²) in [5.41, 5.74) is 3.04. The summed E-state index contributed by atoms with van der Waals surface area (Å²) in [5.74, 6) is 1.45. The molecule has 1 aliphatic heterocycles. The molecule has 3 aromatic rings. The first kappa shape index (κ1) is 16.7. The van der Waals surface area contributed by atoms with Gasteiger partial charge in [0.25, 0.3) is 0 Å². The molecule has 26 heavy (non-hydrogen) atoms. The van der Waals surface area contributed by atoms with Crippen LogP contribution in [0, 0.1) is 0 Å². The van der Waals surface area contributed by atoms with Gasteiger partial charge in [0.2, 0.25) is 5.78 Å². The van der Waals surface area contributed by atoms with Crippen molar-refractivity contribution in [3.05, 3.63) is 59.8 Å². The summed E-state index contributed by atoms with van der Waals surface area (Å²) in [4.78, 5) is 13.0. The fraction of sp³-hybridized carbons (Fsp3) is 0.286. The van der Waals surface area contributed by atoms with Gasteiger partial charge in [0.15, 0.2) is 6.61 Å². The molecule has 5 heteroatoms. The first-order valence-electron chi connectivity index (χ1n) is 8.89. The second kappa shape index (κ2) is 7.22.